The van der Waals surface area contributed by atoms with E-state index in [2.05, 4.69) is 37.9 Å². The zero-order valence-corrected chi connectivity index (χ0v) is 27.0. The van der Waals surface area contributed by atoms with Crippen molar-refractivity contribution >= 4 is 18.0 Å². The first-order chi connectivity index (χ1) is 21.0. The number of fused-ring (bicyclic) bond motifs is 4. The van der Waals surface area contributed by atoms with Gasteiger partial charge in [-0.3, -0.25) is 4.79 Å². The fraction of sp³-hybridized carbons (Fsp3) is 0.629. The summed E-state index contributed by atoms with van der Waals surface area (Å²) < 4.78 is 35.0. The standard InChI is InChI=1S/C35H47NO8/c1-20(15-26-19-40-24(5)36-26)9-8-10-22(3)32(39-7)23(4)27-13-14-35(6)30(44-35)12-11-21(2)28-16-25(18-31(37)41-28)17-29-33(42-29)34(38)43-27/h8-12,15,19,21,23,25,27-30,32-33H,13-14,16-18H2,1-7H3/b9-8+,12-11+,20-15+,22-10+/t21-,23+,25-,27-,28-,29-,30-,32+,33-,35-/m1/s1. The lowest BCUT2D eigenvalue weighted by Crippen LogP contribution is -2.37. The number of allylic oxidation sites excluding steroid dienone is 4. The molecule has 4 aliphatic rings. The highest BCUT2D eigenvalue weighted by atomic mass is 16.6. The molecule has 5 heterocycles. The molecule has 0 aliphatic carbocycles. The van der Waals surface area contributed by atoms with Gasteiger partial charge in [-0.25, -0.2) is 9.78 Å². The molecule has 1 aromatic heterocycles. The number of carbonyl (C=O) groups is 2. The van der Waals surface area contributed by atoms with Crippen molar-refractivity contribution in [2.24, 2.45) is 17.8 Å². The molecule has 4 aliphatic heterocycles. The molecule has 0 unspecified atom stereocenters. The Labute approximate surface area is 260 Å². The van der Waals surface area contributed by atoms with Crippen LogP contribution in [0.3, 0.4) is 0 Å². The number of aryl methyl sites for hydroxylation is 1. The fourth-order valence-corrected chi connectivity index (χ4v) is 6.63. The molecule has 5 rings (SSSR count). The Kier molecular flexibility index (Phi) is 9.97. The van der Waals surface area contributed by atoms with Gasteiger partial charge in [-0.2, -0.15) is 0 Å². The number of cyclic esters (lactones) is 1. The summed E-state index contributed by atoms with van der Waals surface area (Å²) in [5, 5.41) is 0. The number of esters is 2. The van der Waals surface area contributed by atoms with E-state index in [1.54, 1.807) is 13.4 Å². The highest BCUT2D eigenvalue weighted by Crippen LogP contribution is 2.44. The second kappa shape index (κ2) is 13.5. The topological polar surface area (TPSA) is 113 Å². The minimum absolute atomic E-state index is 0.0294. The molecule has 0 N–H and O–H groups in total. The molecule has 0 spiro atoms. The molecule has 0 aromatic carbocycles. The van der Waals surface area contributed by atoms with Gasteiger partial charge in [0, 0.05) is 32.3 Å². The number of hydrogen-bond acceptors (Lipinski definition) is 9. The van der Waals surface area contributed by atoms with Crippen LogP contribution in [0.4, 0.5) is 0 Å². The van der Waals surface area contributed by atoms with Crippen molar-refractivity contribution in [1.29, 1.82) is 0 Å². The van der Waals surface area contributed by atoms with Crippen LogP contribution in [-0.4, -0.2) is 66.3 Å². The normalized spacial score (nSPS) is 36.9. The molecule has 0 radical (unpaired) electrons. The number of ether oxygens (including phenoxy) is 5. The van der Waals surface area contributed by atoms with Gasteiger partial charge in [0.05, 0.1) is 17.8 Å². The van der Waals surface area contributed by atoms with Crippen LogP contribution in [0.15, 0.2) is 52.2 Å². The number of epoxide rings is 2. The molecule has 44 heavy (non-hydrogen) atoms. The summed E-state index contributed by atoms with van der Waals surface area (Å²) in [6.45, 7) is 12.1. The van der Waals surface area contributed by atoms with Crippen LogP contribution >= 0.6 is 0 Å². The molecule has 2 bridgehead atoms. The maximum absolute atomic E-state index is 13.3. The van der Waals surface area contributed by atoms with Gasteiger partial charge < -0.3 is 28.1 Å². The Balaban J connectivity index is 1.30. The summed E-state index contributed by atoms with van der Waals surface area (Å²) in [5.74, 6) is 0.169. The highest BCUT2D eigenvalue weighted by Gasteiger charge is 2.52. The lowest BCUT2D eigenvalue weighted by molar-refractivity contribution is -0.159. The number of aromatic nitrogens is 1. The van der Waals surface area contributed by atoms with Crippen molar-refractivity contribution in [3.05, 3.63) is 59.4 Å². The van der Waals surface area contributed by atoms with Crippen LogP contribution in [0.2, 0.25) is 0 Å². The second-order valence-electron chi connectivity index (χ2n) is 13.2. The second-order valence-corrected chi connectivity index (χ2v) is 13.2. The lowest BCUT2D eigenvalue weighted by Gasteiger charge is -2.32. The zero-order valence-electron chi connectivity index (χ0n) is 27.0. The maximum atomic E-state index is 13.3. The minimum atomic E-state index is -0.601. The number of oxazole rings is 1. The first-order valence-electron chi connectivity index (χ1n) is 15.9. The molecule has 240 valence electrons. The summed E-state index contributed by atoms with van der Waals surface area (Å²) in [7, 11) is 1.69. The summed E-state index contributed by atoms with van der Waals surface area (Å²) in [4.78, 5) is 30.0. The minimum Gasteiger partial charge on any atom is -0.462 e. The summed E-state index contributed by atoms with van der Waals surface area (Å²) in [5.41, 5.74) is 2.49. The number of methoxy groups -OCH3 is 1. The van der Waals surface area contributed by atoms with Crippen molar-refractivity contribution in [2.75, 3.05) is 7.11 Å². The van der Waals surface area contributed by atoms with Gasteiger partial charge in [0.2, 0.25) is 0 Å². The van der Waals surface area contributed by atoms with E-state index in [9.17, 15) is 9.59 Å². The third-order valence-corrected chi connectivity index (χ3v) is 9.49. The Bertz CT molecular complexity index is 1330. The van der Waals surface area contributed by atoms with E-state index in [4.69, 9.17) is 28.1 Å². The predicted octanol–water partition coefficient (Wildman–Crippen LogP) is 6.07. The Morgan fingerprint density at radius 3 is 2.66 bits per heavy atom. The summed E-state index contributed by atoms with van der Waals surface area (Å²) in [6, 6.07) is 0. The Morgan fingerprint density at radius 2 is 1.93 bits per heavy atom. The zero-order chi connectivity index (χ0) is 31.6. The summed E-state index contributed by atoms with van der Waals surface area (Å²) >= 11 is 0. The molecule has 9 heteroatoms. The first kappa shape index (κ1) is 32.4. The van der Waals surface area contributed by atoms with E-state index in [-0.39, 0.29) is 59.7 Å². The van der Waals surface area contributed by atoms with Crippen molar-refractivity contribution < 1.29 is 37.7 Å². The van der Waals surface area contributed by atoms with Gasteiger partial charge in [-0.1, -0.05) is 44.2 Å². The molecule has 3 saturated heterocycles. The molecule has 1 aromatic rings. The molecule has 9 nitrogen and oxygen atoms in total. The van der Waals surface area contributed by atoms with Crippen LogP contribution in [0.25, 0.3) is 6.08 Å². The smallest absolute Gasteiger partial charge is 0.338 e. The van der Waals surface area contributed by atoms with E-state index in [0.29, 0.717) is 25.2 Å². The molecule has 0 saturated carbocycles. The maximum Gasteiger partial charge on any atom is 0.338 e. The van der Waals surface area contributed by atoms with Gasteiger partial charge >= 0.3 is 11.9 Å². The predicted molar refractivity (Wildman–Crippen MR) is 164 cm³/mol. The molecular weight excluding hydrogens is 562 g/mol. The largest absolute Gasteiger partial charge is 0.462 e. The van der Waals surface area contributed by atoms with E-state index in [0.717, 1.165) is 29.7 Å². The van der Waals surface area contributed by atoms with Crippen LogP contribution < -0.4 is 0 Å². The van der Waals surface area contributed by atoms with Gasteiger partial charge in [-0.15, -0.1) is 0 Å². The highest BCUT2D eigenvalue weighted by molar-refractivity contribution is 5.78. The molecular formula is C35H47NO8. The monoisotopic (exact) mass is 609 g/mol. The average molecular weight is 610 g/mol. The first-order valence-corrected chi connectivity index (χ1v) is 15.9. The van der Waals surface area contributed by atoms with Crippen molar-refractivity contribution in [3.63, 3.8) is 0 Å². The quantitative estimate of drug-likeness (QED) is 0.157. The van der Waals surface area contributed by atoms with E-state index >= 15 is 0 Å². The van der Waals surface area contributed by atoms with Crippen LogP contribution in [0.5, 0.6) is 0 Å². The number of hydrogen-bond donors (Lipinski definition) is 0. The SMILES string of the molecule is CO[C@@H](/C(C)=C/C=C/C(C)=C/c1coc(C)n1)[C@@H](C)[C@H]1CC[C@@]2(C)O[C@@H]2/C=C/[C@@H](C)[C@H]2C[C@@H](CC(=O)O2)C[C@H]2O[C@H]2C(=O)O1. The third-order valence-electron chi connectivity index (χ3n) is 9.49. The number of rotatable bonds is 7. The van der Waals surface area contributed by atoms with Gasteiger partial charge in [-0.05, 0) is 69.6 Å². The van der Waals surface area contributed by atoms with E-state index in [1.807, 2.05) is 45.1 Å². The van der Waals surface area contributed by atoms with Gasteiger partial charge in [0.1, 0.15) is 30.3 Å². The van der Waals surface area contributed by atoms with Gasteiger partial charge in [0.15, 0.2) is 12.0 Å². The Hall–Kier alpha value is -3.01. The summed E-state index contributed by atoms with van der Waals surface area (Å²) in [6.07, 6.45) is 15.2. The van der Waals surface area contributed by atoms with Crippen LogP contribution in [0, 0.1) is 24.7 Å². The van der Waals surface area contributed by atoms with Crippen LogP contribution in [0.1, 0.15) is 78.3 Å². The average Bonchev–Trinajstić information content (AvgIpc) is 3.83. The van der Waals surface area contributed by atoms with Gasteiger partial charge in [0.25, 0.3) is 0 Å². The Morgan fingerprint density at radius 1 is 1.16 bits per heavy atom. The van der Waals surface area contributed by atoms with E-state index in [1.165, 1.54) is 0 Å². The van der Waals surface area contributed by atoms with Crippen molar-refractivity contribution in [1.82, 2.24) is 4.98 Å². The molecule has 0 amide bonds. The lowest BCUT2D eigenvalue weighted by atomic mass is 9.85. The third kappa shape index (κ3) is 7.98. The molecule has 3 fully saturated rings. The number of nitrogens with zero attached hydrogens (tertiary/aromatic N) is 1. The van der Waals surface area contributed by atoms with Crippen LogP contribution in [-0.2, 0) is 33.3 Å². The number of carbonyl (C=O) groups excluding carboxylic acids is 2. The van der Waals surface area contributed by atoms with Crippen molar-refractivity contribution in [3.8, 4) is 0 Å². The molecule has 10 atom stereocenters. The fourth-order valence-electron chi connectivity index (χ4n) is 6.63. The van der Waals surface area contributed by atoms with E-state index < -0.39 is 12.2 Å². The van der Waals surface area contributed by atoms with Crippen molar-refractivity contribution in [2.45, 2.75) is 116 Å².